The molecule has 1 heterocycles. The van der Waals surface area contributed by atoms with Crippen LogP contribution >= 0.6 is 11.8 Å². The third-order valence-corrected chi connectivity index (χ3v) is 4.31. The van der Waals surface area contributed by atoms with Gasteiger partial charge in [-0.2, -0.15) is 0 Å². The van der Waals surface area contributed by atoms with Crippen LogP contribution in [0.15, 0.2) is 23.3 Å². The maximum atomic E-state index is 12.0. The number of aliphatic hydroxyl groups excluding tert-OH is 1. The molecule has 0 unspecified atom stereocenters. The van der Waals surface area contributed by atoms with E-state index < -0.39 is 17.5 Å². The fourth-order valence-electron chi connectivity index (χ4n) is 2.10. The second-order valence-corrected chi connectivity index (χ2v) is 5.42. The Balaban J connectivity index is 2.51. The molecule has 98 valence electrons. The number of carboxylic acid groups (broad SMARTS) is 1. The molecule has 1 fully saturated rings. The zero-order valence-electron chi connectivity index (χ0n) is 9.68. The molecule has 1 saturated heterocycles. The Labute approximate surface area is 109 Å². The van der Waals surface area contributed by atoms with Crippen LogP contribution in [0.4, 0.5) is 0 Å². The minimum Gasteiger partial charge on any atom is -0.545 e. The van der Waals surface area contributed by atoms with Gasteiger partial charge in [-0.15, -0.1) is 11.8 Å². The second kappa shape index (κ2) is 5.26. The van der Waals surface area contributed by atoms with Crippen molar-refractivity contribution in [3.63, 3.8) is 0 Å². The van der Waals surface area contributed by atoms with Gasteiger partial charge in [0.05, 0.1) is 12.6 Å². The van der Waals surface area contributed by atoms with Gasteiger partial charge in [-0.25, -0.2) is 0 Å². The topological polar surface area (TPSA) is 86.7 Å². The first-order valence-corrected chi connectivity index (χ1v) is 6.64. The van der Waals surface area contributed by atoms with Crippen LogP contribution in [0, 0.1) is 0 Å². The Morgan fingerprint density at radius 2 is 2.39 bits per heavy atom. The Morgan fingerprint density at radius 1 is 1.61 bits per heavy atom. The Hall–Kier alpha value is -1.11. The number of Topliss-reactive ketones (excluding diaryl/α,β-unsaturated/α-hetero) is 1. The molecule has 0 bridgehead atoms. The summed E-state index contributed by atoms with van der Waals surface area (Å²) >= 11 is 1.27. The molecule has 0 spiro atoms. The van der Waals surface area contributed by atoms with Crippen molar-refractivity contribution in [2.75, 3.05) is 19.0 Å². The number of ether oxygens (including phenoxy) is 1. The van der Waals surface area contributed by atoms with Crippen molar-refractivity contribution in [1.29, 1.82) is 0 Å². The number of carbonyl (C=O) groups excluding carboxylic acids is 2. The van der Waals surface area contributed by atoms with Gasteiger partial charge in [0.2, 0.25) is 0 Å². The largest absolute Gasteiger partial charge is 0.545 e. The van der Waals surface area contributed by atoms with E-state index in [2.05, 4.69) is 0 Å². The fourth-order valence-corrected chi connectivity index (χ4v) is 3.31. The molecule has 1 aliphatic heterocycles. The minimum absolute atomic E-state index is 0.0252. The van der Waals surface area contributed by atoms with Gasteiger partial charge in [-0.3, -0.25) is 4.79 Å². The first kappa shape index (κ1) is 13.3. The second-order valence-electron chi connectivity index (χ2n) is 4.07. The number of ketones is 1. The molecule has 0 aromatic rings. The van der Waals surface area contributed by atoms with Crippen LogP contribution < -0.4 is 5.11 Å². The van der Waals surface area contributed by atoms with Crippen LogP contribution in [0.25, 0.3) is 0 Å². The number of aliphatic carboxylic acids is 1. The van der Waals surface area contributed by atoms with E-state index in [4.69, 9.17) is 4.74 Å². The average Bonchev–Trinajstić information content (AvgIpc) is 2.39. The van der Waals surface area contributed by atoms with Crippen LogP contribution in [0.5, 0.6) is 0 Å². The van der Waals surface area contributed by atoms with E-state index in [0.29, 0.717) is 12.4 Å². The van der Waals surface area contributed by atoms with Crippen LogP contribution in [-0.4, -0.2) is 40.8 Å². The lowest BCUT2D eigenvalue weighted by Crippen LogP contribution is -2.44. The van der Waals surface area contributed by atoms with Gasteiger partial charge in [0.25, 0.3) is 0 Å². The quantitative estimate of drug-likeness (QED) is 0.736. The molecule has 2 aliphatic rings. The van der Waals surface area contributed by atoms with Gasteiger partial charge in [0.1, 0.15) is 0 Å². The van der Waals surface area contributed by atoms with Crippen molar-refractivity contribution in [3.8, 4) is 0 Å². The highest BCUT2D eigenvalue weighted by Crippen LogP contribution is 2.41. The predicted octanol–water partition coefficient (Wildman–Crippen LogP) is -0.596. The highest BCUT2D eigenvalue weighted by atomic mass is 32.2. The molecule has 0 aromatic carbocycles. The van der Waals surface area contributed by atoms with Crippen molar-refractivity contribution in [3.05, 3.63) is 23.3 Å². The number of carbonyl (C=O) groups is 2. The van der Waals surface area contributed by atoms with Gasteiger partial charge < -0.3 is 19.7 Å². The highest BCUT2D eigenvalue weighted by Gasteiger charge is 2.43. The summed E-state index contributed by atoms with van der Waals surface area (Å²) in [6.45, 7) is -0.0300. The summed E-state index contributed by atoms with van der Waals surface area (Å²) in [4.78, 5) is 21.8. The van der Waals surface area contributed by atoms with Gasteiger partial charge in [-0.05, 0) is 12.2 Å². The molecule has 1 aliphatic carbocycles. The monoisotopic (exact) mass is 269 g/mol. The van der Waals surface area contributed by atoms with Crippen LogP contribution in [-0.2, 0) is 14.3 Å². The molecule has 0 amide bonds. The fraction of sp³-hybridized carbons (Fsp3) is 0.500. The van der Waals surface area contributed by atoms with Crippen molar-refractivity contribution in [2.45, 2.75) is 17.8 Å². The maximum Gasteiger partial charge on any atom is 0.167 e. The standard InChI is InChI=1S/C12H14O5S/c13-7-12(17-5-2-6-18-12)10-8(11(15)16)3-1-4-9(10)14/h1,3,13H,2,4-7H2,(H,15,16)/p-1/t12-/m0/s1. The molecular weight excluding hydrogens is 256 g/mol. The number of aliphatic hydroxyl groups is 1. The lowest BCUT2D eigenvalue weighted by molar-refractivity contribution is -0.299. The Bertz CT molecular complexity index is 432. The van der Waals surface area contributed by atoms with Crippen LogP contribution in [0.3, 0.4) is 0 Å². The summed E-state index contributed by atoms with van der Waals surface area (Å²) in [5.41, 5.74) is -0.160. The summed E-state index contributed by atoms with van der Waals surface area (Å²) in [6, 6.07) is 0. The third kappa shape index (κ3) is 2.23. The maximum absolute atomic E-state index is 12.0. The highest BCUT2D eigenvalue weighted by molar-refractivity contribution is 8.00. The number of rotatable bonds is 3. The SMILES string of the molecule is O=C([O-])C1=C([C@@]2(CO)OCCCS2)C(=O)CC=C1. The predicted molar refractivity (Wildman–Crippen MR) is 63.6 cm³/mol. The Kier molecular flexibility index (Phi) is 3.89. The summed E-state index contributed by atoms with van der Waals surface area (Å²) in [7, 11) is 0. The summed E-state index contributed by atoms with van der Waals surface area (Å²) in [5, 5.41) is 20.6. The van der Waals surface area contributed by atoms with Crippen LogP contribution in [0.1, 0.15) is 12.8 Å². The van der Waals surface area contributed by atoms with Crippen molar-refractivity contribution >= 4 is 23.5 Å². The van der Waals surface area contributed by atoms with Crippen molar-refractivity contribution in [1.82, 2.24) is 0 Å². The molecular formula is C12H13O5S-. The van der Waals surface area contributed by atoms with Gasteiger partial charge in [-0.1, -0.05) is 12.2 Å². The van der Waals surface area contributed by atoms with E-state index in [0.717, 1.165) is 6.42 Å². The number of hydrogen-bond acceptors (Lipinski definition) is 6. The van der Waals surface area contributed by atoms with Crippen molar-refractivity contribution < 1.29 is 24.5 Å². The Morgan fingerprint density at radius 3 is 2.94 bits per heavy atom. The number of hydrogen-bond donors (Lipinski definition) is 1. The van der Waals surface area contributed by atoms with E-state index in [1.165, 1.54) is 23.9 Å². The van der Waals surface area contributed by atoms with Gasteiger partial charge in [0.15, 0.2) is 10.7 Å². The minimum atomic E-state index is -1.42. The van der Waals surface area contributed by atoms with Crippen LogP contribution in [0.2, 0.25) is 0 Å². The molecule has 2 rings (SSSR count). The first-order valence-electron chi connectivity index (χ1n) is 5.65. The zero-order chi connectivity index (χ0) is 13.2. The number of carboxylic acids is 1. The number of thioether (sulfide) groups is 1. The zero-order valence-corrected chi connectivity index (χ0v) is 10.5. The van der Waals surface area contributed by atoms with E-state index in [1.807, 2.05) is 0 Å². The van der Waals surface area contributed by atoms with E-state index >= 15 is 0 Å². The molecule has 0 radical (unpaired) electrons. The summed E-state index contributed by atoms with van der Waals surface area (Å²) < 4.78 is 5.51. The first-order chi connectivity index (χ1) is 8.60. The van der Waals surface area contributed by atoms with E-state index in [1.54, 1.807) is 0 Å². The normalized spacial score (nSPS) is 28.6. The molecule has 5 nitrogen and oxygen atoms in total. The van der Waals surface area contributed by atoms with E-state index in [9.17, 15) is 19.8 Å². The molecule has 18 heavy (non-hydrogen) atoms. The molecule has 0 saturated carbocycles. The molecule has 0 aromatic heterocycles. The van der Waals surface area contributed by atoms with Crippen molar-refractivity contribution in [2.24, 2.45) is 0 Å². The number of allylic oxidation sites excluding steroid dienone is 1. The lowest BCUT2D eigenvalue weighted by atomic mass is 9.91. The van der Waals surface area contributed by atoms with E-state index in [-0.39, 0.29) is 23.4 Å². The smallest absolute Gasteiger partial charge is 0.167 e. The molecule has 6 heteroatoms. The summed E-state index contributed by atoms with van der Waals surface area (Å²) in [6.07, 6.45) is 3.76. The van der Waals surface area contributed by atoms with Gasteiger partial charge in [0, 0.05) is 24.2 Å². The summed E-state index contributed by atoms with van der Waals surface area (Å²) in [5.74, 6) is -1.04. The average molecular weight is 269 g/mol. The lowest BCUT2D eigenvalue weighted by Gasteiger charge is -2.38. The van der Waals surface area contributed by atoms with Gasteiger partial charge >= 0.3 is 0 Å². The molecule has 1 N–H and O–H groups in total. The molecule has 1 atom stereocenters. The third-order valence-electron chi connectivity index (χ3n) is 2.90.